The molecule has 2 N–H and O–H groups in total. The van der Waals surface area contributed by atoms with Gasteiger partial charge in [-0.3, -0.25) is 0 Å². The number of aromatic hydroxyl groups is 1. The van der Waals surface area contributed by atoms with Crippen LogP contribution in [0.2, 0.25) is 0 Å². The van der Waals surface area contributed by atoms with E-state index < -0.39 is 0 Å². The van der Waals surface area contributed by atoms with Crippen LogP contribution in [-0.4, -0.2) is 35.7 Å². The first kappa shape index (κ1) is 14.2. The van der Waals surface area contributed by atoms with Gasteiger partial charge in [0.2, 0.25) is 0 Å². The summed E-state index contributed by atoms with van der Waals surface area (Å²) in [6.07, 6.45) is 3.65. The van der Waals surface area contributed by atoms with E-state index in [1.54, 1.807) is 0 Å². The molecule has 1 saturated heterocycles. The second-order valence-corrected chi connectivity index (χ2v) is 5.61. The lowest BCUT2D eigenvalue weighted by Gasteiger charge is -2.21. The Kier molecular flexibility index (Phi) is 4.70. The van der Waals surface area contributed by atoms with E-state index in [0.29, 0.717) is 11.8 Å². The van der Waals surface area contributed by atoms with Crippen molar-refractivity contribution in [3.8, 4) is 5.75 Å². The van der Waals surface area contributed by atoms with Crippen molar-refractivity contribution < 1.29 is 5.11 Å². The zero-order valence-corrected chi connectivity index (χ0v) is 12.4. The van der Waals surface area contributed by atoms with Crippen molar-refractivity contribution in [3.63, 3.8) is 0 Å². The number of hydrogen-bond acceptors (Lipinski definition) is 3. The van der Waals surface area contributed by atoms with E-state index in [9.17, 15) is 5.11 Å². The maximum atomic E-state index is 10.0. The summed E-state index contributed by atoms with van der Waals surface area (Å²) in [7, 11) is 0. The van der Waals surface area contributed by atoms with Crippen LogP contribution in [0, 0.1) is 13.8 Å². The fourth-order valence-electron chi connectivity index (χ4n) is 2.83. The van der Waals surface area contributed by atoms with Crippen molar-refractivity contribution in [1.82, 2.24) is 4.90 Å². The summed E-state index contributed by atoms with van der Waals surface area (Å²) in [4.78, 5) is 2.52. The van der Waals surface area contributed by atoms with E-state index in [-0.39, 0.29) is 0 Å². The lowest BCUT2D eigenvalue weighted by atomic mass is 10.1. The highest BCUT2D eigenvalue weighted by atomic mass is 16.3. The highest BCUT2D eigenvalue weighted by Gasteiger charge is 2.17. The van der Waals surface area contributed by atoms with Crippen LogP contribution < -0.4 is 5.32 Å². The molecule has 1 aliphatic rings. The largest absolute Gasteiger partial charge is 0.507 e. The van der Waals surface area contributed by atoms with Crippen LogP contribution >= 0.6 is 0 Å². The zero-order chi connectivity index (χ0) is 13.8. The Balaban J connectivity index is 2.03. The quantitative estimate of drug-likeness (QED) is 0.877. The molecule has 3 nitrogen and oxygen atoms in total. The molecule has 1 aromatic rings. The van der Waals surface area contributed by atoms with Crippen molar-refractivity contribution in [2.75, 3.05) is 25.0 Å². The molecule has 1 heterocycles. The molecular formula is C16H26N2O. The topological polar surface area (TPSA) is 35.5 Å². The standard InChI is InChI=1S/C16H26N2O/c1-4-18-10-5-6-14(9-11-18)17-15-8-7-12(2)16(19)13(15)3/h7-8,14,17,19H,4-6,9-11H2,1-3H3. The van der Waals surface area contributed by atoms with Gasteiger partial charge in [-0.2, -0.15) is 0 Å². The minimum Gasteiger partial charge on any atom is -0.507 e. The molecule has 0 bridgehead atoms. The number of rotatable bonds is 3. The van der Waals surface area contributed by atoms with Crippen LogP contribution in [0.1, 0.15) is 37.3 Å². The van der Waals surface area contributed by atoms with Gasteiger partial charge in [0.1, 0.15) is 5.75 Å². The van der Waals surface area contributed by atoms with E-state index in [0.717, 1.165) is 23.4 Å². The first-order valence-electron chi connectivity index (χ1n) is 7.40. The number of phenolic OH excluding ortho intramolecular Hbond substituents is 1. The van der Waals surface area contributed by atoms with Crippen molar-refractivity contribution in [3.05, 3.63) is 23.3 Å². The molecule has 1 aromatic carbocycles. The molecular weight excluding hydrogens is 236 g/mol. The lowest BCUT2D eigenvalue weighted by Crippen LogP contribution is -2.26. The van der Waals surface area contributed by atoms with Gasteiger partial charge >= 0.3 is 0 Å². The molecule has 0 saturated carbocycles. The number of nitrogens with one attached hydrogen (secondary N) is 1. The molecule has 1 aliphatic heterocycles. The molecule has 1 fully saturated rings. The average molecular weight is 262 g/mol. The van der Waals surface area contributed by atoms with Crippen LogP contribution in [0.5, 0.6) is 5.75 Å². The summed E-state index contributed by atoms with van der Waals surface area (Å²) >= 11 is 0. The van der Waals surface area contributed by atoms with Gasteiger partial charge in [0.25, 0.3) is 0 Å². The van der Waals surface area contributed by atoms with Crippen molar-refractivity contribution >= 4 is 5.69 Å². The molecule has 1 atom stereocenters. The summed E-state index contributed by atoms with van der Waals surface area (Å²) in [5, 5.41) is 13.6. The van der Waals surface area contributed by atoms with Crippen LogP contribution in [-0.2, 0) is 0 Å². The summed E-state index contributed by atoms with van der Waals surface area (Å²) in [5.41, 5.74) is 3.00. The fourth-order valence-corrected chi connectivity index (χ4v) is 2.83. The molecule has 2 rings (SSSR count). The minimum absolute atomic E-state index is 0.425. The summed E-state index contributed by atoms with van der Waals surface area (Å²) in [6, 6.07) is 4.60. The number of anilines is 1. The van der Waals surface area contributed by atoms with E-state index in [1.807, 2.05) is 19.9 Å². The van der Waals surface area contributed by atoms with E-state index in [2.05, 4.69) is 23.2 Å². The number of phenols is 1. The predicted molar refractivity (Wildman–Crippen MR) is 81.0 cm³/mol. The SMILES string of the molecule is CCN1CCCC(Nc2ccc(C)c(O)c2C)CC1. The van der Waals surface area contributed by atoms with E-state index in [1.165, 1.54) is 32.4 Å². The number of likely N-dealkylation sites (tertiary alicyclic amines) is 1. The predicted octanol–water partition coefficient (Wildman–Crippen LogP) is 3.30. The molecule has 106 valence electrons. The van der Waals surface area contributed by atoms with Gasteiger partial charge in [-0.05, 0) is 57.8 Å². The Morgan fingerprint density at radius 3 is 2.79 bits per heavy atom. The number of benzene rings is 1. The average Bonchev–Trinajstić information content (AvgIpc) is 2.64. The Labute approximate surface area is 116 Å². The van der Waals surface area contributed by atoms with Gasteiger partial charge in [-0.1, -0.05) is 13.0 Å². The second-order valence-electron chi connectivity index (χ2n) is 5.61. The first-order valence-corrected chi connectivity index (χ1v) is 7.40. The molecule has 0 amide bonds. The molecule has 0 aliphatic carbocycles. The van der Waals surface area contributed by atoms with E-state index >= 15 is 0 Å². The van der Waals surface area contributed by atoms with E-state index in [4.69, 9.17) is 0 Å². The van der Waals surface area contributed by atoms with Gasteiger partial charge in [0.05, 0.1) is 0 Å². The molecule has 19 heavy (non-hydrogen) atoms. The zero-order valence-electron chi connectivity index (χ0n) is 12.4. The van der Waals surface area contributed by atoms with Gasteiger partial charge < -0.3 is 15.3 Å². The molecule has 0 radical (unpaired) electrons. The van der Waals surface area contributed by atoms with Gasteiger partial charge in [-0.15, -0.1) is 0 Å². The third kappa shape index (κ3) is 3.41. The maximum Gasteiger partial charge on any atom is 0.123 e. The Hall–Kier alpha value is -1.22. The van der Waals surface area contributed by atoms with Gasteiger partial charge in [-0.25, -0.2) is 0 Å². The van der Waals surface area contributed by atoms with Crippen LogP contribution in [0.15, 0.2) is 12.1 Å². The van der Waals surface area contributed by atoms with Crippen LogP contribution in [0.25, 0.3) is 0 Å². The summed E-state index contributed by atoms with van der Waals surface area (Å²) < 4.78 is 0. The van der Waals surface area contributed by atoms with Gasteiger partial charge in [0, 0.05) is 23.8 Å². The smallest absolute Gasteiger partial charge is 0.123 e. The molecule has 0 spiro atoms. The number of hydrogen-bond donors (Lipinski definition) is 2. The van der Waals surface area contributed by atoms with Crippen molar-refractivity contribution in [2.24, 2.45) is 0 Å². The fraction of sp³-hybridized carbons (Fsp3) is 0.625. The Morgan fingerprint density at radius 2 is 2.05 bits per heavy atom. The third-order valence-corrected chi connectivity index (χ3v) is 4.26. The molecule has 0 aromatic heterocycles. The monoisotopic (exact) mass is 262 g/mol. The summed E-state index contributed by atoms with van der Waals surface area (Å²) in [6.45, 7) is 9.70. The highest BCUT2D eigenvalue weighted by Crippen LogP contribution is 2.29. The van der Waals surface area contributed by atoms with Gasteiger partial charge in [0.15, 0.2) is 0 Å². The lowest BCUT2D eigenvalue weighted by molar-refractivity contribution is 0.300. The van der Waals surface area contributed by atoms with Crippen molar-refractivity contribution in [2.45, 2.75) is 46.1 Å². The molecule has 3 heteroatoms. The summed E-state index contributed by atoms with van der Waals surface area (Å²) in [5.74, 6) is 0.425. The minimum atomic E-state index is 0.425. The van der Waals surface area contributed by atoms with Crippen molar-refractivity contribution in [1.29, 1.82) is 0 Å². The normalized spacial score (nSPS) is 21.1. The molecule has 1 unspecified atom stereocenters. The Bertz CT molecular complexity index is 431. The van der Waals surface area contributed by atoms with Crippen LogP contribution in [0.3, 0.4) is 0 Å². The third-order valence-electron chi connectivity index (χ3n) is 4.26. The first-order chi connectivity index (χ1) is 9.11. The maximum absolute atomic E-state index is 10.0. The highest BCUT2D eigenvalue weighted by molar-refractivity contribution is 5.59. The number of aryl methyl sites for hydroxylation is 1. The Morgan fingerprint density at radius 1 is 1.26 bits per heavy atom. The second kappa shape index (κ2) is 6.29. The van der Waals surface area contributed by atoms with Crippen LogP contribution in [0.4, 0.5) is 5.69 Å². The number of nitrogens with zero attached hydrogens (tertiary/aromatic N) is 1.